The lowest BCUT2D eigenvalue weighted by Gasteiger charge is -2.20. The fraction of sp³-hybridized carbons (Fsp3) is 0.200. The van der Waals surface area contributed by atoms with Gasteiger partial charge in [0, 0.05) is 17.2 Å². The lowest BCUT2D eigenvalue weighted by Crippen LogP contribution is -2.09. The van der Waals surface area contributed by atoms with Crippen molar-refractivity contribution in [2.24, 2.45) is 0 Å². The molecule has 0 saturated carbocycles. The number of hydrogen-bond donors (Lipinski definition) is 1. The number of benzene rings is 2. The molecule has 2 aromatic carbocycles. The normalized spacial score (nSPS) is 13.8. The molecule has 1 heterocycles. The number of aromatic hydroxyl groups is 1. The van der Waals surface area contributed by atoms with E-state index in [9.17, 15) is 9.50 Å². The van der Waals surface area contributed by atoms with Gasteiger partial charge in [0.15, 0.2) is 0 Å². The topological polar surface area (TPSA) is 29.5 Å². The Hall–Kier alpha value is -2.03. The first-order valence-electron chi connectivity index (χ1n) is 5.99. The van der Waals surface area contributed by atoms with Crippen LogP contribution in [-0.2, 0) is 6.42 Å². The molecule has 3 rings (SSSR count). The molecule has 0 radical (unpaired) electrons. The molecule has 2 nitrogen and oxygen atoms in total. The minimum Gasteiger partial charge on any atom is -0.507 e. The van der Waals surface area contributed by atoms with Crippen molar-refractivity contribution < 1.29 is 14.2 Å². The average molecular weight is 244 g/mol. The third-order valence-electron chi connectivity index (χ3n) is 3.18. The van der Waals surface area contributed by atoms with Gasteiger partial charge in [-0.15, -0.1) is 0 Å². The molecule has 0 atom stereocenters. The molecule has 1 N–H and O–H groups in total. The van der Waals surface area contributed by atoms with Crippen molar-refractivity contribution in [3.05, 3.63) is 47.8 Å². The van der Waals surface area contributed by atoms with E-state index in [2.05, 4.69) is 0 Å². The second-order valence-electron chi connectivity index (χ2n) is 4.41. The number of aryl methyl sites for hydroxylation is 1. The number of phenolic OH excluding ortho intramolecular Hbond substituents is 1. The van der Waals surface area contributed by atoms with Gasteiger partial charge in [-0.1, -0.05) is 18.2 Å². The van der Waals surface area contributed by atoms with E-state index in [-0.39, 0.29) is 5.75 Å². The monoisotopic (exact) mass is 244 g/mol. The summed E-state index contributed by atoms with van der Waals surface area (Å²) in [6.07, 6.45) is 1.98. The van der Waals surface area contributed by atoms with Gasteiger partial charge in [0.1, 0.15) is 17.3 Å². The van der Waals surface area contributed by atoms with Crippen molar-refractivity contribution in [1.29, 1.82) is 0 Å². The molecule has 18 heavy (non-hydrogen) atoms. The van der Waals surface area contributed by atoms with E-state index >= 15 is 0 Å². The van der Waals surface area contributed by atoms with Crippen LogP contribution in [-0.4, -0.2) is 11.7 Å². The van der Waals surface area contributed by atoms with Crippen LogP contribution >= 0.6 is 0 Å². The summed E-state index contributed by atoms with van der Waals surface area (Å²) in [5, 5.41) is 9.85. The Balaban J connectivity index is 2.17. The molecule has 0 fully saturated rings. The molecule has 0 saturated heterocycles. The molecule has 2 aromatic rings. The first-order chi connectivity index (χ1) is 8.75. The summed E-state index contributed by atoms with van der Waals surface area (Å²) < 4.78 is 18.7. The quantitative estimate of drug-likeness (QED) is 0.831. The Morgan fingerprint density at radius 2 is 2.00 bits per heavy atom. The maximum absolute atomic E-state index is 13.0. The molecular formula is C15H13FO2. The summed E-state index contributed by atoms with van der Waals surface area (Å²) >= 11 is 0. The van der Waals surface area contributed by atoms with E-state index < -0.39 is 5.82 Å². The Morgan fingerprint density at radius 3 is 2.83 bits per heavy atom. The molecule has 92 valence electrons. The fourth-order valence-corrected chi connectivity index (χ4v) is 2.33. The van der Waals surface area contributed by atoms with E-state index in [1.807, 2.05) is 18.2 Å². The number of halogens is 1. The van der Waals surface area contributed by atoms with E-state index in [0.717, 1.165) is 35.8 Å². The Bertz CT molecular complexity index is 593. The summed E-state index contributed by atoms with van der Waals surface area (Å²) in [6, 6.07) is 9.90. The first kappa shape index (κ1) is 11.1. The Morgan fingerprint density at radius 1 is 1.11 bits per heavy atom. The second-order valence-corrected chi connectivity index (χ2v) is 4.41. The van der Waals surface area contributed by atoms with Crippen molar-refractivity contribution in [3.63, 3.8) is 0 Å². The predicted octanol–water partition coefficient (Wildman–Crippen LogP) is 3.52. The zero-order valence-electron chi connectivity index (χ0n) is 9.82. The summed E-state index contributed by atoms with van der Waals surface area (Å²) in [6.45, 7) is 0.686. The van der Waals surface area contributed by atoms with Gasteiger partial charge in [0.2, 0.25) is 0 Å². The van der Waals surface area contributed by atoms with Crippen LogP contribution in [0.3, 0.4) is 0 Å². The molecule has 1 aliphatic heterocycles. The van der Waals surface area contributed by atoms with E-state index in [4.69, 9.17) is 4.74 Å². The van der Waals surface area contributed by atoms with Crippen LogP contribution in [0, 0.1) is 5.82 Å². The SMILES string of the molecule is Oc1cc(F)ccc1-c1cccc2c1OCCC2. The van der Waals surface area contributed by atoms with Crippen LogP contribution in [0.5, 0.6) is 11.5 Å². The van der Waals surface area contributed by atoms with Crippen LogP contribution < -0.4 is 4.74 Å². The highest BCUT2D eigenvalue weighted by molar-refractivity contribution is 5.77. The van der Waals surface area contributed by atoms with Crippen molar-refractivity contribution in [2.75, 3.05) is 6.61 Å². The highest BCUT2D eigenvalue weighted by Crippen LogP contribution is 2.39. The summed E-state index contributed by atoms with van der Waals surface area (Å²) in [5.74, 6) is 0.310. The minimum atomic E-state index is -0.443. The smallest absolute Gasteiger partial charge is 0.130 e. The number of ether oxygens (including phenoxy) is 1. The van der Waals surface area contributed by atoms with Crippen LogP contribution in [0.25, 0.3) is 11.1 Å². The van der Waals surface area contributed by atoms with Gasteiger partial charge in [-0.2, -0.15) is 0 Å². The molecule has 1 aliphatic rings. The molecule has 0 spiro atoms. The maximum Gasteiger partial charge on any atom is 0.130 e. The van der Waals surface area contributed by atoms with E-state index in [0.29, 0.717) is 12.2 Å². The number of para-hydroxylation sites is 1. The van der Waals surface area contributed by atoms with Crippen molar-refractivity contribution >= 4 is 0 Å². The molecule has 0 amide bonds. The summed E-state index contributed by atoms with van der Waals surface area (Å²) in [7, 11) is 0. The Kier molecular flexibility index (Phi) is 2.67. The van der Waals surface area contributed by atoms with E-state index in [1.165, 1.54) is 6.07 Å². The van der Waals surface area contributed by atoms with Gasteiger partial charge in [0.05, 0.1) is 6.61 Å². The second kappa shape index (κ2) is 4.33. The lowest BCUT2D eigenvalue weighted by atomic mass is 9.97. The maximum atomic E-state index is 13.0. The van der Waals surface area contributed by atoms with Gasteiger partial charge >= 0.3 is 0 Å². The lowest BCUT2D eigenvalue weighted by molar-refractivity contribution is 0.289. The first-order valence-corrected chi connectivity index (χ1v) is 5.99. The van der Waals surface area contributed by atoms with Crippen molar-refractivity contribution in [2.45, 2.75) is 12.8 Å². The van der Waals surface area contributed by atoms with Crippen LogP contribution in [0.4, 0.5) is 4.39 Å². The third-order valence-corrected chi connectivity index (χ3v) is 3.18. The van der Waals surface area contributed by atoms with Crippen molar-refractivity contribution in [1.82, 2.24) is 0 Å². The van der Waals surface area contributed by atoms with Gasteiger partial charge in [0.25, 0.3) is 0 Å². The average Bonchev–Trinajstić information content (AvgIpc) is 2.38. The largest absolute Gasteiger partial charge is 0.507 e. The van der Waals surface area contributed by atoms with Gasteiger partial charge in [-0.05, 0) is 30.5 Å². The number of fused-ring (bicyclic) bond motifs is 1. The molecular weight excluding hydrogens is 231 g/mol. The van der Waals surface area contributed by atoms with Gasteiger partial charge < -0.3 is 9.84 Å². The van der Waals surface area contributed by atoms with Gasteiger partial charge in [-0.25, -0.2) is 4.39 Å². The summed E-state index contributed by atoms with van der Waals surface area (Å²) in [5.41, 5.74) is 2.57. The highest BCUT2D eigenvalue weighted by atomic mass is 19.1. The number of rotatable bonds is 1. The van der Waals surface area contributed by atoms with Crippen molar-refractivity contribution in [3.8, 4) is 22.6 Å². The van der Waals surface area contributed by atoms with E-state index in [1.54, 1.807) is 6.07 Å². The molecule has 3 heteroatoms. The highest BCUT2D eigenvalue weighted by Gasteiger charge is 2.17. The molecule has 0 bridgehead atoms. The van der Waals surface area contributed by atoms with Gasteiger partial charge in [-0.3, -0.25) is 0 Å². The van der Waals surface area contributed by atoms with Crippen LogP contribution in [0.1, 0.15) is 12.0 Å². The zero-order chi connectivity index (χ0) is 12.5. The molecule has 0 unspecified atom stereocenters. The zero-order valence-corrected chi connectivity index (χ0v) is 9.82. The number of hydrogen-bond acceptors (Lipinski definition) is 2. The Labute approximate surface area is 105 Å². The summed E-state index contributed by atoms with van der Waals surface area (Å²) in [4.78, 5) is 0. The molecule has 0 aromatic heterocycles. The molecule has 0 aliphatic carbocycles. The standard InChI is InChI=1S/C15H13FO2/c16-11-6-7-12(14(17)9-11)13-5-1-3-10-4-2-8-18-15(10)13/h1,3,5-7,9,17H,2,4,8H2. The van der Waals surface area contributed by atoms with Crippen LogP contribution in [0.2, 0.25) is 0 Å². The minimum absolute atomic E-state index is 0.0578. The van der Waals surface area contributed by atoms with Crippen LogP contribution in [0.15, 0.2) is 36.4 Å². The fourth-order valence-electron chi connectivity index (χ4n) is 2.33. The number of phenols is 1. The third kappa shape index (κ3) is 1.82. The predicted molar refractivity (Wildman–Crippen MR) is 67.3 cm³/mol.